The molecular formula is C5H9NS. The van der Waals surface area contributed by atoms with E-state index in [0.717, 1.165) is 5.75 Å². The number of rotatable bonds is 3. The summed E-state index contributed by atoms with van der Waals surface area (Å²) in [6.45, 7) is 5.50. The molecule has 0 fully saturated rings. The Balaban J connectivity index is 2.92. The van der Waals surface area contributed by atoms with Gasteiger partial charge in [0.1, 0.15) is 0 Å². The molecule has 2 heteroatoms. The largest absolute Gasteiger partial charge is 0.259 e. The molecule has 0 atom stereocenters. The van der Waals surface area contributed by atoms with E-state index in [0.29, 0.717) is 0 Å². The van der Waals surface area contributed by atoms with Crippen LogP contribution in [0, 0.1) is 0 Å². The van der Waals surface area contributed by atoms with Crippen molar-refractivity contribution in [2.45, 2.75) is 6.92 Å². The predicted octanol–water partition coefficient (Wildman–Crippen LogP) is 1.91. The lowest BCUT2D eigenvalue weighted by Gasteiger charge is -1.77. The normalized spacial score (nSPS) is 9.86. The molecule has 40 valence electrons. The van der Waals surface area contributed by atoms with Gasteiger partial charge in [-0.3, -0.25) is 4.99 Å². The summed E-state index contributed by atoms with van der Waals surface area (Å²) in [7, 11) is 0. The van der Waals surface area contributed by atoms with Gasteiger partial charge in [-0.1, -0.05) is 13.5 Å². The summed E-state index contributed by atoms with van der Waals surface area (Å²) in [5.74, 6) is 1.08. The molecule has 0 N–H and O–H groups in total. The molecule has 7 heavy (non-hydrogen) atoms. The fourth-order valence-electron chi connectivity index (χ4n) is 0.161. The minimum Gasteiger partial charge on any atom is -0.259 e. The summed E-state index contributed by atoms with van der Waals surface area (Å²) in [6.07, 6.45) is 1.53. The van der Waals surface area contributed by atoms with Crippen LogP contribution in [-0.2, 0) is 0 Å². The van der Waals surface area contributed by atoms with Crippen LogP contribution < -0.4 is 0 Å². The molecule has 0 heterocycles. The van der Waals surface area contributed by atoms with E-state index < -0.39 is 0 Å². The average Bonchev–Trinajstić information content (AvgIpc) is 1.69. The number of hydrogen-bond acceptors (Lipinski definition) is 2. The molecule has 0 radical (unpaired) electrons. The summed E-state index contributed by atoms with van der Waals surface area (Å²) in [6, 6.07) is 0. The first-order valence-corrected chi connectivity index (χ1v) is 3.20. The predicted molar refractivity (Wildman–Crippen MR) is 36.8 cm³/mol. The van der Waals surface area contributed by atoms with Crippen molar-refractivity contribution in [3.63, 3.8) is 0 Å². The maximum Gasteiger partial charge on any atom is 0.0596 e. The maximum absolute atomic E-state index is 3.76. The third kappa shape index (κ3) is 5.76. The van der Waals surface area contributed by atoms with Crippen molar-refractivity contribution in [1.29, 1.82) is 0 Å². The molecule has 0 saturated heterocycles. The van der Waals surface area contributed by atoms with Crippen molar-refractivity contribution in [1.82, 2.24) is 0 Å². The van der Waals surface area contributed by atoms with Crippen LogP contribution in [0.25, 0.3) is 0 Å². The van der Waals surface area contributed by atoms with Crippen molar-refractivity contribution in [2.24, 2.45) is 4.99 Å². The molecule has 0 spiro atoms. The van der Waals surface area contributed by atoms with Crippen molar-refractivity contribution in [3.05, 3.63) is 12.8 Å². The molecule has 0 aliphatic carbocycles. The van der Waals surface area contributed by atoms with Crippen LogP contribution in [0.1, 0.15) is 6.92 Å². The van der Waals surface area contributed by atoms with Gasteiger partial charge in [0.25, 0.3) is 0 Å². The van der Waals surface area contributed by atoms with Crippen molar-refractivity contribution in [2.75, 3.05) is 5.75 Å². The molecule has 0 saturated carbocycles. The van der Waals surface area contributed by atoms with Crippen molar-refractivity contribution in [3.8, 4) is 0 Å². The van der Waals surface area contributed by atoms with E-state index >= 15 is 0 Å². The molecule has 0 rings (SSSR count). The number of hydrogen-bond donors (Lipinski definition) is 0. The second kappa shape index (κ2) is 5.76. The van der Waals surface area contributed by atoms with Crippen LogP contribution in [0.15, 0.2) is 17.8 Å². The highest BCUT2D eigenvalue weighted by molar-refractivity contribution is 8.12. The zero-order valence-corrected chi connectivity index (χ0v) is 5.24. The summed E-state index contributed by atoms with van der Waals surface area (Å²) in [5.41, 5.74) is 1.78. The van der Waals surface area contributed by atoms with E-state index in [1.165, 1.54) is 6.20 Å². The van der Waals surface area contributed by atoms with Gasteiger partial charge in [-0.15, -0.1) is 11.8 Å². The average molecular weight is 115 g/mol. The van der Waals surface area contributed by atoms with Crippen LogP contribution in [-0.4, -0.2) is 11.3 Å². The molecular weight excluding hydrogens is 106 g/mol. The molecule has 0 unspecified atom stereocenters. The van der Waals surface area contributed by atoms with Gasteiger partial charge in [0.05, 0.1) is 5.55 Å². The topological polar surface area (TPSA) is 12.4 Å². The number of aliphatic imine (C=N–C) groups is 1. The van der Waals surface area contributed by atoms with E-state index in [2.05, 4.69) is 18.5 Å². The minimum atomic E-state index is 1.08. The van der Waals surface area contributed by atoms with Gasteiger partial charge in [-0.25, -0.2) is 0 Å². The second-order valence-corrected chi connectivity index (χ2v) is 2.01. The highest BCUT2D eigenvalue weighted by Gasteiger charge is 1.66. The third-order valence-corrected chi connectivity index (χ3v) is 1.01. The van der Waals surface area contributed by atoms with E-state index in [9.17, 15) is 0 Å². The zero-order valence-electron chi connectivity index (χ0n) is 4.42. The highest BCUT2D eigenvalue weighted by Crippen LogP contribution is 1.90. The maximum atomic E-state index is 3.76. The summed E-state index contributed by atoms with van der Waals surface area (Å²) >= 11 is 1.67. The SMILES string of the molecule is C=CN=CSCC. The molecule has 0 aromatic heterocycles. The molecule has 0 aromatic rings. The van der Waals surface area contributed by atoms with Crippen LogP contribution in [0.3, 0.4) is 0 Å². The van der Waals surface area contributed by atoms with Gasteiger partial charge in [0.15, 0.2) is 0 Å². The standard InChI is InChI=1S/C5H9NS/c1-3-6-5-7-4-2/h3,5H,1,4H2,2H3. The van der Waals surface area contributed by atoms with Gasteiger partial charge < -0.3 is 0 Å². The van der Waals surface area contributed by atoms with Gasteiger partial charge in [-0.2, -0.15) is 0 Å². The Morgan fingerprint density at radius 3 is 3.00 bits per heavy atom. The summed E-state index contributed by atoms with van der Waals surface area (Å²) in [4.78, 5) is 3.76. The molecule has 0 aliphatic heterocycles. The Hall–Kier alpha value is -0.240. The smallest absolute Gasteiger partial charge is 0.0596 e. The Morgan fingerprint density at radius 1 is 1.86 bits per heavy atom. The van der Waals surface area contributed by atoms with E-state index in [4.69, 9.17) is 0 Å². The Morgan fingerprint density at radius 2 is 2.57 bits per heavy atom. The quantitative estimate of drug-likeness (QED) is 0.404. The number of nitrogens with zero attached hydrogens (tertiary/aromatic N) is 1. The van der Waals surface area contributed by atoms with Crippen LogP contribution in [0.4, 0.5) is 0 Å². The zero-order chi connectivity index (χ0) is 5.54. The monoisotopic (exact) mass is 115 g/mol. The van der Waals surface area contributed by atoms with Crippen LogP contribution in [0.2, 0.25) is 0 Å². The van der Waals surface area contributed by atoms with E-state index in [1.807, 2.05) is 0 Å². The fraction of sp³-hybridized carbons (Fsp3) is 0.400. The summed E-state index contributed by atoms with van der Waals surface area (Å²) < 4.78 is 0. The highest BCUT2D eigenvalue weighted by atomic mass is 32.2. The fourth-order valence-corrected chi connectivity index (χ4v) is 0.482. The molecule has 1 nitrogen and oxygen atoms in total. The first-order valence-electron chi connectivity index (χ1n) is 2.16. The van der Waals surface area contributed by atoms with Crippen molar-refractivity contribution < 1.29 is 0 Å². The van der Waals surface area contributed by atoms with Crippen LogP contribution in [0.5, 0.6) is 0 Å². The Bertz CT molecular complexity index is 68.5. The van der Waals surface area contributed by atoms with Gasteiger partial charge in [0, 0.05) is 6.20 Å². The lowest BCUT2D eigenvalue weighted by molar-refractivity contribution is 1.54. The van der Waals surface area contributed by atoms with E-state index in [1.54, 1.807) is 17.3 Å². The third-order valence-electron chi connectivity index (χ3n) is 0.407. The lowest BCUT2D eigenvalue weighted by atomic mass is 11.0. The second-order valence-electron chi connectivity index (χ2n) is 0.892. The van der Waals surface area contributed by atoms with Crippen LogP contribution >= 0.6 is 11.8 Å². The first-order chi connectivity index (χ1) is 3.41. The molecule has 0 aromatic carbocycles. The molecule has 0 bridgehead atoms. The van der Waals surface area contributed by atoms with Crippen molar-refractivity contribution >= 4 is 17.3 Å². The molecule has 0 amide bonds. The Labute approximate surface area is 48.5 Å². The Kier molecular flexibility index (Phi) is 5.56. The van der Waals surface area contributed by atoms with E-state index in [-0.39, 0.29) is 0 Å². The lowest BCUT2D eigenvalue weighted by Crippen LogP contribution is -1.62. The summed E-state index contributed by atoms with van der Waals surface area (Å²) in [5, 5.41) is 0. The number of thioether (sulfide) groups is 1. The molecule has 0 aliphatic rings. The van der Waals surface area contributed by atoms with Gasteiger partial charge in [0.2, 0.25) is 0 Å². The van der Waals surface area contributed by atoms with Gasteiger partial charge >= 0.3 is 0 Å². The minimum absolute atomic E-state index is 1.08. The van der Waals surface area contributed by atoms with Gasteiger partial charge in [-0.05, 0) is 5.75 Å². The first kappa shape index (κ1) is 6.76.